The molecule has 1 N–H and O–H groups in total. The van der Waals surface area contributed by atoms with Crippen molar-refractivity contribution in [1.29, 1.82) is 0 Å². The Balaban J connectivity index is 1.45. The zero-order chi connectivity index (χ0) is 20.9. The number of ether oxygens (including phenoxy) is 1. The van der Waals surface area contributed by atoms with Crippen molar-refractivity contribution in [3.63, 3.8) is 0 Å². The molecule has 0 spiro atoms. The number of benzene rings is 3. The van der Waals surface area contributed by atoms with Crippen LogP contribution in [0.15, 0.2) is 85.1 Å². The van der Waals surface area contributed by atoms with Gasteiger partial charge in [0.15, 0.2) is 5.82 Å². The number of amides is 1. The summed E-state index contributed by atoms with van der Waals surface area (Å²) < 4.78 is 5.85. The van der Waals surface area contributed by atoms with Crippen LogP contribution in [0.25, 0.3) is 11.4 Å². The van der Waals surface area contributed by atoms with E-state index in [1.807, 2.05) is 62.4 Å². The lowest BCUT2D eigenvalue weighted by molar-refractivity contribution is 0.102. The van der Waals surface area contributed by atoms with Crippen molar-refractivity contribution in [2.75, 3.05) is 5.32 Å². The van der Waals surface area contributed by atoms with Gasteiger partial charge in [0.25, 0.3) is 5.91 Å². The van der Waals surface area contributed by atoms with Crippen LogP contribution in [0.5, 0.6) is 11.6 Å². The second kappa shape index (κ2) is 8.57. The van der Waals surface area contributed by atoms with Gasteiger partial charge in [-0.1, -0.05) is 41.5 Å². The summed E-state index contributed by atoms with van der Waals surface area (Å²) in [6, 6.07) is 24.3. The largest absolute Gasteiger partial charge is 0.439 e. The molecule has 4 rings (SSSR count). The molecule has 0 saturated heterocycles. The molecule has 0 bridgehead atoms. The van der Waals surface area contributed by atoms with Gasteiger partial charge in [-0.05, 0) is 56.3 Å². The van der Waals surface area contributed by atoms with Crippen LogP contribution >= 0.6 is 0 Å². The minimum Gasteiger partial charge on any atom is -0.439 e. The van der Waals surface area contributed by atoms with Crippen molar-refractivity contribution >= 4 is 11.6 Å². The van der Waals surface area contributed by atoms with Crippen LogP contribution in [0.2, 0.25) is 0 Å². The van der Waals surface area contributed by atoms with Gasteiger partial charge in [0.1, 0.15) is 5.75 Å². The topological polar surface area (TPSA) is 64.1 Å². The second-order valence-corrected chi connectivity index (χ2v) is 7.03. The fourth-order valence-electron chi connectivity index (χ4n) is 2.96. The highest BCUT2D eigenvalue weighted by Gasteiger charge is 2.08. The van der Waals surface area contributed by atoms with Gasteiger partial charge in [-0.2, -0.15) is 4.98 Å². The Hall–Kier alpha value is -3.99. The molecule has 0 aliphatic heterocycles. The number of anilines is 1. The van der Waals surface area contributed by atoms with E-state index in [1.165, 1.54) is 0 Å². The highest BCUT2D eigenvalue weighted by molar-refractivity contribution is 6.04. The molecular formula is C25H21N3O2. The number of carbonyl (C=O) groups excluding carboxylic acids is 1. The molecule has 5 heteroatoms. The zero-order valence-corrected chi connectivity index (χ0v) is 16.8. The number of aromatic nitrogens is 2. The van der Waals surface area contributed by atoms with Crippen molar-refractivity contribution in [2.45, 2.75) is 13.8 Å². The average molecular weight is 395 g/mol. The lowest BCUT2D eigenvalue weighted by Gasteiger charge is -2.08. The number of hydrogen-bond donors (Lipinski definition) is 1. The third kappa shape index (κ3) is 4.70. The number of aryl methyl sites for hydroxylation is 2. The van der Waals surface area contributed by atoms with Crippen molar-refractivity contribution in [1.82, 2.24) is 9.97 Å². The first-order chi connectivity index (χ1) is 14.6. The lowest BCUT2D eigenvalue weighted by atomic mass is 10.1. The number of hydrogen-bond acceptors (Lipinski definition) is 4. The Morgan fingerprint density at radius 1 is 0.867 bits per heavy atom. The van der Waals surface area contributed by atoms with Gasteiger partial charge in [-0.3, -0.25) is 4.79 Å². The Labute approximate surface area is 175 Å². The maximum absolute atomic E-state index is 12.4. The third-order valence-electron chi connectivity index (χ3n) is 4.55. The molecule has 1 aromatic heterocycles. The number of nitrogens with one attached hydrogen (secondary N) is 1. The van der Waals surface area contributed by atoms with Gasteiger partial charge >= 0.3 is 0 Å². The van der Waals surface area contributed by atoms with E-state index in [1.54, 1.807) is 36.5 Å². The quantitative estimate of drug-likeness (QED) is 0.463. The van der Waals surface area contributed by atoms with Crippen LogP contribution < -0.4 is 10.1 Å². The Morgan fingerprint density at radius 3 is 2.37 bits per heavy atom. The van der Waals surface area contributed by atoms with Gasteiger partial charge in [0.05, 0.1) is 0 Å². The summed E-state index contributed by atoms with van der Waals surface area (Å²) in [6.45, 7) is 4.03. The van der Waals surface area contributed by atoms with Gasteiger partial charge in [0.2, 0.25) is 5.88 Å². The first kappa shape index (κ1) is 19.3. The molecule has 0 aliphatic carbocycles. The number of rotatable bonds is 5. The lowest BCUT2D eigenvalue weighted by Crippen LogP contribution is -2.11. The van der Waals surface area contributed by atoms with Gasteiger partial charge in [-0.15, -0.1) is 0 Å². The van der Waals surface area contributed by atoms with E-state index in [-0.39, 0.29) is 5.91 Å². The summed E-state index contributed by atoms with van der Waals surface area (Å²) in [4.78, 5) is 21.2. The molecule has 3 aromatic carbocycles. The van der Waals surface area contributed by atoms with E-state index in [0.29, 0.717) is 23.0 Å². The summed E-state index contributed by atoms with van der Waals surface area (Å²) >= 11 is 0. The van der Waals surface area contributed by atoms with E-state index >= 15 is 0 Å². The fraction of sp³-hybridized carbons (Fsp3) is 0.0800. The van der Waals surface area contributed by atoms with Crippen LogP contribution in [0.1, 0.15) is 21.5 Å². The van der Waals surface area contributed by atoms with Crippen LogP contribution in [-0.2, 0) is 0 Å². The normalized spacial score (nSPS) is 10.5. The van der Waals surface area contributed by atoms with Crippen LogP contribution in [-0.4, -0.2) is 15.9 Å². The highest BCUT2D eigenvalue weighted by atomic mass is 16.5. The molecule has 0 unspecified atom stereocenters. The highest BCUT2D eigenvalue weighted by Crippen LogP contribution is 2.23. The second-order valence-electron chi connectivity index (χ2n) is 7.03. The molecule has 0 saturated carbocycles. The number of nitrogens with zero attached hydrogens (tertiary/aromatic N) is 2. The van der Waals surface area contributed by atoms with Gasteiger partial charge < -0.3 is 10.1 Å². The SMILES string of the molecule is Cc1ccc(NC(=O)c2ccc(Oc3ccnc(-c4cccc(C)c4)n3)cc2)cc1. The van der Waals surface area contributed by atoms with Crippen molar-refractivity contribution in [3.8, 4) is 23.0 Å². The summed E-state index contributed by atoms with van der Waals surface area (Å²) in [5.74, 6) is 1.47. The molecule has 1 heterocycles. The summed E-state index contributed by atoms with van der Waals surface area (Å²) in [5.41, 5.74) is 4.52. The minimum absolute atomic E-state index is 0.172. The fourth-order valence-corrected chi connectivity index (χ4v) is 2.96. The van der Waals surface area contributed by atoms with Crippen LogP contribution in [0.3, 0.4) is 0 Å². The third-order valence-corrected chi connectivity index (χ3v) is 4.55. The van der Waals surface area contributed by atoms with Crippen LogP contribution in [0.4, 0.5) is 5.69 Å². The average Bonchev–Trinajstić information content (AvgIpc) is 2.76. The molecule has 0 atom stereocenters. The Kier molecular flexibility index (Phi) is 5.52. The monoisotopic (exact) mass is 395 g/mol. The molecule has 0 aliphatic rings. The first-order valence-corrected chi connectivity index (χ1v) is 9.63. The Morgan fingerprint density at radius 2 is 1.63 bits per heavy atom. The summed E-state index contributed by atoms with van der Waals surface area (Å²) in [5, 5.41) is 2.88. The molecule has 5 nitrogen and oxygen atoms in total. The smallest absolute Gasteiger partial charge is 0.255 e. The van der Waals surface area contributed by atoms with Gasteiger partial charge in [-0.25, -0.2) is 4.98 Å². The van der Waals surface area contributed by atoms with Crippen molar-refractivity contribution in [3.05, 3.63) is 102 Å². The molecular weight excluding hydrogens is 374 g/mol. The summed E-state index contributed by atoms with van der Waals surface area (Å²) in [7, 11) is 0. The molecule has 4 aromatic rings. The predicted octanol–water partition coefficient (Wildman–Crippen LogP) is 5.81. The maximum Gasteiger partial charge on any atom is 0.255 e. The van der Waals surface area contributed by atoms with Crippen LogP contribution in [0, 0.1) is 13.8 Å². The predicted molar refractivity (Wildman–Crippen MR) is 118 cm³/mol. The molecule has 0 fully saturated rings. The van der Waals surface area contributed by atoms with E-state index in [0.717, 1.165) is 22.4 Å². The molecule has 1 amide bonds. The molecule has 30 heavy (non-hydrogen) atoms. The molecule has 0 radical (unpaired) electrons. The Bertz CT molecular complexity index is 1170. The van der Waals surface area contributed by atoms with Crippen molar-refractivity contribution < 1.29 is 9.53 Å². The van der Waals surface area contributed by atoms with Crippen molar-refractivity contribution in [2.24, 2.45) is 0 Å². The van der Waals surface area contributed by atoms with E-state index < -0.39 is 0 Å². The van der Waals surface area contributed by atoms with E-state index in [4.69, 9.17) is 4.74 Å². The van der Waals surface area contributed by atoms with E-state index in [2.05, 4.69) is 15.3 Å². The first-order valence-electron chi connectivity index (χ1n) is 9.63. The van der Waals surface area contributed by atoms with E-state index in [9.17, 15) is 4.79 Å². The maximum atomic E-state index is 12.4. The standard InChI is InChI=1S/C25H21N3O2/c1-17-6-10-21(11-7-17)27-25(29)19-8-12-22(13-9-19)30-23-14-15-26-24(28-23)20-5-3-4-18(2)16-20/h3-16H,1-2H3,(H,27,29). The minimum atomic E-state index is -0.172. The zero-order valence-electron chi connectivity index (χ0n) is 16.8. The van der Waals surface area contributed by atoms with Gasteiger partial charge in [0, 0.05) is 29.1 Å². The number of carbonyl (C=O) groups is 1. The summed E-state index contributed by atoms with van der Waals surface area (Å²) in [6.07, 6.45) is 1.67. The molecule has 148 valence electrons.